The normalized spacial score (nSPS) is 12.7. The van der Waals surface area contributed by atoms with Crippen LogP contribution in [0.15, 0.2) is 18.2 Å². The summed E-state index contributed by atoms with van der Waals surface area (Å²) >= 11 is 0. The van der Waals surface area contributed by atoms with Crippen molar-refractivity contribution in [3.63, 3.8) is 0 Å². The van der Waals surface area contributed by atoms with Gasteiger partial charge in [0.1, 0.15) is 5.75 Å². The summed E-state index contributed by atoms with van der Waals surface area (Å²) < 4.78 is 19.2. The fraction of sp³-hybridized carbons (Fsp3) is 0.833. The van der Waals surface area contributed by atoms with Gasteiger partial charge in [0.25, 0.3) is 0 Å². The molecule has 1 aromatic rings. The Balaban J connectivity index is 2.81. The Morgan fingerprint density at radius 3 is 1.52 bits per heavy atom. The molecule has 0 unspecified atom stereocenters. The fourth-order valence-corrected chi connectivity index (χ4v) is 5.83. The number of hydrogen-bond acceptors (Lipinski definition) is 3. The molecule has 0 fully saturated rings. The second-order valence-electron chi connectivity index (χ2n) is 14.1. The van der Waals surface area contributed by atoms with Crippen molar-refractivity contribution < 1.29 is 13.6 Å². The SMILES string of the molecule is CCC(C)(C)c1ccc(OP(OCCCCCCCC(C)C)OCCCCCCCC(C)C)c(C(C)(C)CC)c1. The Morgan fingerprint density at radius 1 is 0.625 bits per heavy atom. The summed E-state index contributed by atoms with van der Waals surface area (Å²) in [7, 11) is -1.42. The summed E-state index contributed by atoms with van der Waals surface area (Å²) in [6.07, 6.45) is 17.3. The van der Waals surface area contributed by atoms with Crippen molar-refractivity contribution >= 4 is 8.60 Å². The van der Waals surface area contributed by atoms with E-state index < -0.39 is 8.60 Å². The maximum absolute atomic E-state index is 6.60. The first kappa shape index (κ1) is 37.4. The van der Waals surface area contributed by atoms with E-state index in [9.17, 15) is 0 Å². The summed E-state index contributed by atoms with van der Waals surface area (Å²) in [5.74, 6) is 2.55. The lowest BCUT2D eigenvalue weighted by Gasteiger charge is -2.31. The Hall–Kier alpha value is -0.630. The first-order chi connectivity index (χ1) is 18.9. The van der Waals surface area contributed by atoms with E-state index in [0.717, 1.165) is 43.3 Å². The van der Waals surface area contributed by atoms with E-state index in [4.69, 9.17) is 13.6 Å². The zero-order chi connectivity index (χ0) is 30.0. The monoisotopic (exact) mass is 578 g/mol. The van der Waals surface area contributed by atoms with E-state index in [1.165, 1.54) is 75.3 Å². The highest BCUT2D eigenvalue weighted by atomic mass is 31.2. The van der Waals surface area contributed by atoms with Crippen LogP contribution in [-0.4, -0.2) is 13.2 Å². The lowest BCUT2D eigenvalue weighted by atomic mass is 9.76. The molecule has 0 aromatic heterocycles. The molecule has 1 aromatic carbocycles. The van der Waals surface area contributed by atoms with E-state index >= 15 is 0 Å². The van der Waals surface area contributed by atoms with Gasteiger partial charge in [-0.1, -0.05) is 146 Å². The molecule has 40 heavy (non-hydrogen) atoms. The minimum atomic E-state index is -1.42. The molecule has 0 amide bonds. The highest BCUT2D eigenvalue weighted by molar-refractivity contribution is 7.42. The average molecular weight is 579 g/mol. The molecule has 0 aliphatic rings. The Bertz CT molecular complexity index is 747. The zero-order valence-electron chi connectivity index (χ0n) is 28.4. The molecule has 0 saturated carbocycles. The van der Waals surface area contributed by atoms with Crippen molar-refractivity contribution in [3.05, 3.63) is 29.3 Å². The molecule has 0 bridgehead atoms. The van der Waals surface area contributed by atoms with E-state index in [1.54, 1.807) is 0 Å². The van der Waals surface area contributed by atoms with E-state index in [-0.39, 0.29) is 10.8 Å². The molecule has 234 valence electrons. The van der Waals surface area contributed by atoms with Crippen molar-refractivity contribution in [3.8, 4) is 5.75 Å². The van der Waals surface area contributed by atoms with Gasteiger partial charge in [-0.3, -0.25) is 0 Å². The van der Waals surface area contributed by atoms with Crippen LogP contribution in [-0.2, 0) is 19.9 Å². The molecule has 1 rings (SSSR count). The first-order valence-corrected chi connectivity index (χ1v) is 17.9. The molecule has 0 atom stereocenters. The third kappa shape index (κ3) is 15.6. The van der Waals surface area contributed by atoms with Crippen molar-refractivity contribution in [1.29, 1.82) is 0 Å². The maximum Gasteiger partial charge on any atom is 0.397 e. The third-order valence-corrected chi connectivity index (χ3v) is 9.81. The second-order valence-corrected chi connectivity index (χ2v) is 15.2. The molecule has 0 saturated heterocycles. The molecule has 4 heteroatoms. The van der Waals surface area contributed by atoms with Gasteiger partial charge in [-0.25, -0.2) is 0 Å². The van der Waals surface area contributed by atoms with Gasteiger partial charge in [0.2, 0.25) is 0 Å². The summed E-state index contributed by atoms with van der Waals surface area (Å²) in [5.41, 5.74) is 2.80. The van der Waals surface area contributed by atoms with Crippen molar-refractivity contribution in [2.24, 2.45) is 11.8 Å². The first-order valence-electron chi connectivity index (χ1n) is 16.8. The van der Waals surface area contributed by atoms with Crippen LogP contribution >= 0.6 is 8.60 Å². The molecular formula is C36H67O3P. The minimum absolute atomic E-state index is 0.0160. The molecule has 0 spiro atoms. The van der Waals surface area contributed by atoms with Crippen molar-refractivity contribution in [1.82, 2.24) is 0 Å². The van der Waals surface area contributed by atoms with Crippen molar-refractivity contribution in [2.45, 2.75) is 170 Å². The van der Waals surface area contributed by atoms with Crippen LogP contribution in [0.3, 0.4) is 0 Å². The van der Waals surface area contributed by atoms with Crippen LogP contribution in [0.5, 0.6) is 5.75 Å². The molecule has 0 heterocycles. The summed E-state index contributed by atoms with van der Waals surface area (Å²) in [5, 5.41) is 0. The average Bonchev–Trinajstić information content (AvgIpc) is 2.90. The Labute approximate surface area is 251 Å². The van der Waals surface area contributed by atoms with Crippen LogP contribution in [0.2, 0.25) is 0 Å². The maximum atomic E-state index is 6.60. The Kier molecular flexibility index (Phi) is 19.0. The number of hydrogen-bond donors (Lipinski definition) is 0. The lowest BCUT2D eigenvalue weighted by molar-refractivity contribution is 0.197. The predicted molar refractivity (Wildman–Crippen MR) is 178 cm³/mol. The molecular weight excluding hydrogens is 511 g/mol. The number of rotatable bonds is 24. The highest BCUT2D eigenvalue weighted by Gasteiger charge is 2.28. The molecule has 0 aliphatic carbocycles. The molecule has 0 radical (unpaired) electrons. The van der Waals surface area contributed by atoms with E-state index in [0.29, 0.717) is 13.2 Å². The quantitative estimate of drug-likeness (QED) is 0.0902. The van der Waals surface area contributed by atoms with Gasteiger partial charge in [-0.05, 0) is 60.0 Å². The van der Waals surface area contributed by atoms with Crippen LogP contribution in [0.4, 0.5) is 0 Å². The van der Waals surface area contributed by atoms with Crippen LogP contribution in [0.1, 0.15) is 170 Å². The van der Waals surface area contributed by atoms with Gasteiger partial charge in [0.15, 0.2) is 0 Å². The summed E-state index contributed by atoms with van der Waals surface area (Å²) in [4.78, 5) is 0. The van der Waals surface area contributed by atoms with Gasteiger partial charge in [-0.2, -0.15) is 0 Å². The van der Waals surface area contributed by atoms with Gasteiger partial charge in [0.05, 0.1) is 13.2 Å². The number of unbranched alkanes of at least 4 members (excludes halogenated alkanes) is 8. The second kappa shape index (κ2) is 20.3. The fourth-order valence-electron chi connectivity index (χ4n) is 4.77. The summed E-state index contributed by atoms with van der Waals surface area (Å²) in [6.45, 7) is 24.5. The van der Waals surface area contributed by atoms with Gasteiger partial charge >= 0.3 is 8.60 Å². The summed E-state index contributed by atoms with van der Waals surface area (Å²) in [6, 6.07) is 6.80. The van der Waals surface area contributed by atoms with Crippen LogP contribution in [0, 0.1) is 11.8 Å². The van der Waals surface area contributed by atoms with E-state index in [1.807, 2.05) is 0 Å². The predicted octanol–water partition coefficient (Wildman–Crippen LogP) is 12.7. The Morgan fingerprint density at radius 2 is 1.07 bits per heavy atom. The smallest absolute Gasteiger partial charge is 0.397 e. The van der Waals surface area contributed by atoms with Gasteiger partial charge in [0, 0.05) is 5.56 Å². The lowest BCUT2D eigenvalue weighted by Crippen LogP contribution is -2.21. The largest absolute Gasteiger partial charge is 0.426 e. The van der Waals surface area contributed by atoms with Crippen molar-refractivity contribution in [2.75, 3.05) is 13.2 Å². The van der Waals surface area contributed by atoms with Gasteiger partial charge in [-0.15, -0.1) is 0 Å². The highest BCUT2D eigenvalue weighted by Crippen LogP contribution is 2.46. The van der Waals surface area contributed by atoms with Gasteiger partial charge < -0.3 is 13.6 Å². The minimum Gasteiger partial charge on any atom is -0.426 e. The zero-order valence-corrected chi connectivity index (χ0v) is 29.3. The van der Waals surface area contributed by atoms with Crippen LogP contribution < -0.4 is 4.52 Å². The van der Waals surface area contributed by atoms with E-state index in [2.05, 4.69) is 87.4 Å². The third-order valence-electron chi connectivity index (χ3n) is 8.68. The standard InChI is InChI=1S/C36H67O3P/c1-11-35(7,8)32-25-26-34(33(29-32)36(9,10)12-2)39-40(37-27-21-17-13-15-19-23-30(3)4)38-28-22-18-14-16-20-24-31(5)6/h25-26,29-31H,11-24,27-28H2,1-10H3. The molecule has 3 nitrogen and oxygen atoms in total. The van der Waals surface area contributed by atoms with Crippen LogP contribution in [0.25, 0.3) is 0 Å². The number of benzene rings is 1. The molecule has 0 N–H and O–H groups in total. The topological polar surface area (TPSA) is 27.7 Å². The molecule has 0 aliphatic heterocycles.